The molecule has 7 nitrogen and oxygen atoms in total. The van der Waals surface area contributed by atoms with E-state index in [9.17, 15) is 13.2 Å². The van der Waals surface area contributed by atoms with Gasteiger partial charge in [0.15, 0.2) is 0 Å². The number of nitrogens with two attached hydrogens (primary N) is 1. The number of primary sulfonamides is 1. The monoisotopic (exact) mass is 404 g/mol. The maximum Gasteiger partial charge on any atom is 0.264 e. The lowest BCUT2D eigenvalue weighted by molar-refractivity contribution is 0.0793. The van der Waals surface area contributed by atoms with Crippen molar-refractivity contribution in [3.63, 3.8) is 0 Å². The normalized spacial score (nSPS) is 17.7. The van der Waals surface area contributed by atoms with Crippen LogP contribution in [-0.4, -0.2) is 47.8 Å². The number of nitrogens with zero attached hydrogens (tertiary/aromatic N) is 3. The number of thiophene rings is 1. The van der Waals surface area contributed by atoms with E-state index in [1.54, 1.807) is 9.58 Å². The summed E-state index contributed by atoms with van der Waals surface area (Å²) in [6.07, 6.45) is 0.657. The largest absolute Gasteiger partial charge is 0.338 e. The van der Waals surface area contributed by atoms with Crippen LogP contribution >= 0.6 is 11.3 Å². The predicted molar refractivity (Wildman–Crippen MR) is 106 cm³/mol. The van der Waals surface area contributed by atoms with Gasteiger partial charge in [0, 0.05) is 31.1 Å². The number of hydrogen-bond acceptors (Lipinski definition) is 5. The van der Waals surface area contributed by atoms with Crippen molar-refractivity contribution in [2.45, 2.75) is 6.42 Å². The van der Waals surface area contributed by atoms with Gasteiger partial charge < -0.3 is 4.90 Å². The Labute approximate surface area is 161 Å². The van der Waals surface area contributed by atoms with E-state index in [0.29, 0.717) is 24.4 Å². The maximum absolute atomic E-state index is 12.9. The predicted octanol–water partition coefficient (Wildman–Crippen LogP) is 2.05. The molecule has 0 saturated carbocycles. The van der Waals surface area contributed by atoms with Gasteiger partial charge in [-0.2, -0.15) is 5.10 Å². The van der Waals surface area contributed by atoms with Gasteiger partial charge in [-0.05, 0) is 18.4 Å². The third kappa shape index (κ3) is 3.62. The minimum Gasteiger partial charge on any atom is -0.338 e. The average molecular weight is 405 g/mol. The summed E-state index contributed by atoms with van der Waals surface area (Å²) in [6.45, 7) is 0.977. The Morgan fingerprint density at radius 2 is 2.07 bits per heavy atom. The third-order valence-electron chi connectivity index (χ3n) is 4.81. The van der Waals surface area contributed by atoms with Gasteiger partial charge in [0.1, 0.15) is 10.5 Å². The number of fused-ring (bicyclic) bond motifs is 1. The summed E-state index contributed by atoms with van der Waals surface area (Å²) >= 11 is 1.42. The van der Waals surface area contributed by atoms with E-state index in [1.807, 2.05) is 43.4 Å². The van der Waals surface area contributed by atoms with Crippen molar-refractivity contribution in [1.82, 2.24) is 14.7 Å². The van der Waals surface area contributed by atoms with Gasteiger partial charge in [0.05, 0.1) is 10.6 Å². The fraction of sp³-hybridized carbons (Fsp3) is 0.333. The number of amides is 1. The highest BCUT2D eigenvalue weighted by Crippen LogP contribution is 2.34. The van der Waals surface area contributed by atoms with Crippen molar-refractivity contribution in [2.24, 2.45) is 18.1 Å². The summed E-state index contributed by atoms with van der Waals surface area (Å²) in [5.74, 6) is -0.238. The molecule has 2 N–H and O–H groups in total. The van der Waals surface area contributed by atoms with Crippen molar-refractivity contribution < 1.29 is 13.2 Å². The molecule has 4 rings (SSSR count). The van der Waals surface area contributed by atoms with Gasteiger partial charge in [0.25, 0.3) is 5.91 Å². The topological polar surface area (TPSA) is 98.3 Å². The van der Waals surface area contributed by atoms with E-state index in [2.05, 4.69) is 5.10 Å². The molecule has 0 aliphatic carbocycles. The van der Waals surface area contributed by atoms with E-state index >= 15 is 0 Å². The zero-order valence-electron chi connectivity index (χ0n) is 14.8. The fourth-order valence-electron chi connectivity index (χ4n) is 3.59. The van der Waals surface area contributed by atoms with Crippen molar-refractivity contribution >= 4 is 37.5 Å². The summed E-state index contributed by atoms with van der Waals surface area (Å²) in [7, 11) is -1.65. The van der Waals surface area contributed by atoms with Crippen LogP contribution in [0.3, 0.4) is 0 Å². The molecule has 142 valence electrons. The molecule has 3 aromatic rings. The SMILES string of the molecule is Cn1nc(-c2ccccc2)c2cc(C(=O)N3CC[C@@H](CS(N)(=O)=O)C3)sc21. The lowest BCUT2D eigenvalue weighted by Crippen LogP contribution is -2.30. The Bertz CT molecular complexity index is 1100. The lowest BCUT2D eigenvalue weighted by Gasteiger charge is -2.15. The van der Waals surface area contributed by atoms with E-state index in [-0.39, 0.29) is 17.6 Å². The van der Waals surface area contributed by atoms with E-state index in [0.717, 1.165) is 21.5 Å². The summed E-state index contributed by atoms with van der Waals surface area (Å²) in [4.78, 5) is 16.2. The second-order valence-corrected chi connectivity index (χ2v) is 9.59. The molecule has 1 saturated heterocycles. The molecule has 0 bridgehead atoms. The van der Waals surface area contributed by atoms with Crippen LogP contribution in [0.15, 0.2) is 36.4 Å². The third-order valence-corrected chi connectivity index (χ3v) is 6.94. The Balaban J connectivity index is 1.61. The molecule has 0 radical (unpaired) electrons. The van der Waals surface area contributed by atoms with E-state index in [4.69, 9.17) is 5.14 Å². The molecule has 1 aliphatic rings. The Morgan fingerprint density at radius 3 is 2.78 bits per heavy atom. The first-order valence-corrected chi connectivity index (χ1v) is 11.2. The molecule has 27 heavy (non-hydrogen) atoms. The molecule has 1 fully saturated rings. The van der Waals surface area contributed by atoms with E-state index in [1.165, 1.54) is 11.3 Å². The zero-order chi connectivity index (χ0) is 19.2. The first kappa shape index (κ1) is 18.1. The molecule has 3 heterocycles. The minimum absolute atomic E-state index is 0.0628. The first-order chi connectivity index (χ1) is 12.8. The first-order valence-electron chi connectivity index (χ1n) is 8.63. The number of sulfonamides is 1. The van der Waals surface area contributed by atoms with Crippen LogP contribution in [0.5, 0.6) is 0 Å². The molecule has 1 amide bonds. The fourth-order valence-corrected chi connectivity index (χ4v) is 5.56. The number of aryl methyl sites for hydroxylation is 1. The molecule has 9 heteroatoms. The van der Waals surface area contributed by atoms with Crippen LogP contribution in [0, 0.1) is 5.92 Å². The van der Waals surface area contributed by atoms with Crippen LogP contribution in [-0.2, 0) is 17.1 Å². The molecule has 1 aliphatic heterocycles. The van der Waals surface area contributed by atoms with Gasteiger partial charge in [-0.3, -0.25) is 9.48 Å². The number of hydrogen-bond donors (Lipinski definition) is 1. The quantitative estimate of drug-likeness (QED) is 0.719. The molecular weight excluding hydrogens is 384 g/mol. The number of benzene rings is 1. The number of aromatic nitrogens is 2. The Morgan fingerprint density at radius 1 is 1.33 bits per heavy atom. The zero-order valence-corrected chi connectivity index (χ0v) is 16.5. The van der Waals surface area contributed by atoms with Gasteiger partial charge >= 0.3 is 0 Å². The summed E-state index contributed by atoms with van der Waals surface area (Å²) < 4.78 is 24.4. The Kier molecular flexibility index (Phi) is 4.53. The van der Waals surface area contributed by atoms with Gasteiger partial charge in [0.2, 0.25) is 10.0 Å². The van der Waals surface area contributed by atoms with Crippen LogP contribution < -0.4 is 5.14 Å². The molecular formula is C18H20N4O3S2. The summed E-state index contributed by atoms with van der Waals surface area (Å²) in [6, 6.07) is 11.8. The minimum atomic E-state index is -3.52. The van der Waals surface area contributed by atoms with E-state index < -0.39 is 10.0 Å². The number of carbonyl (C=O) groups is 1. The maximum atomic E-state index is 12.9. The van der Waals surface area contributed by atoms with Gasteiger partial charge in [-0.15, -0.1) is 11.3 Å². The van der Waals surface area contributed by atoms with Crippen molar-refractivity contribution in [1.29, 1.82) is 0 Å². The lowest BCUT2D eigenvalue weighted by atomic mass is 10.1. The number of carbonyl (C=O) groups excluding carboxylic acids is 1. The second-order valence-electron chi connectivity index (χ2n) is 6.90. The van der Waals surface area contributed by atoms with Crippen LogP contribution in [0.1, 0.15) is 16.1 Å². The average Bonchev–Trinajstić information content (AvgIpc) is 3.31. The molecule has 1 atom stereocenters. The second kappa shape index (κ2) is 6.74. The number of rotatable bonds is 4. The highest BCUT2D eigenvalue weighted by atomic mass is 32.2. The summed E-state index contributed by atoms with van der Waals surface area (Å²) in [5, 5.41) is 10.7. The van der Waals surface area contributed by atoms with Crippen LogP contribution in [0.2, 0.25) is 0 Å². The molecule has 1 aromatic carbocycles. The Hall–Kier alpha value is -2.23. The standard InChI is InChI=1S/C18H20N4O3S2/c1-21-18-14(16(20-21)13-5-3-2-4-6-13)9-15(26-18)17(23)22-8-7-12(10-22)11-27(19,24)25/h2-6,9,12H,7-8,10-11H2,1H3,(H2,19,24,25)/t12-/m1/s1. The number of likely N-dealkylation sites (tertiary alicyclic amines) is 1. The van der Waals surface area contributed by atoms with Gasteiger partial charge in [-0.1, -0.05) is 30.3 Å². The molecule has 0 spiro atoms. The van der Waals surface area contributed by atoms with Crippen molar-refractivity contribution in [3.8, 4) is 11.3 Å². The van der Waals surface area contributed by atoms with Crippen LogP contribution in [0.4, 0.5) is 0 Å². The molecule has 2 aromatic heterocycles. The summed E-state index contributed by atoms with van der Waals surface area (Å²) in [5.41, 5.74) is 1.87. The smallest absolute Gasteiger partial charge is 0.264 e. The highest BCUT2D eigenvalue weighted by molar-refractivity contribution is 7.89. The van der Waals surface area contributed by atoms with Gasteiger partial charge in [-0.25, -0.2) is 13.6 Å². The van der Waals surface area contributed by atoms with Crippen molar-refractivity contribution in [3.05, 3.63) is 41.3 Å². The van der Waals surface area contributed by atoms with Crippen LogP contribution in [0.25, 0.3) is 21.5 Å². The highest BCUT2D eigenvalue weighted by Gasteiger charge is 2.30. The van der Waals surface area contributed by atoms with Crippen molar-refractivity contribution in [2.75, 3.05) is 18.8 Å². The molecule has 0 unspecified atom stereocenters.